The largest absolute Gasteiger partial charge is 0.450 e. The first-order chi connectivity index (χ1) is 18.0. The SMILES string of the molecule is CNc1nccn2ncc(Oc3cnc4nc(Nc5cc(C(F)(F)F)c(C#N)n(C)c5=O)n(C)c4c3Cl)c12. The van der Waals surface area contributed by atoms with Crippen LogP contribution in [0.3, 0.4) is 0 Å². The Labute approximate surface area is 215 Å². The number of nitrogens with zero attached hydrogens (tertiary/aromatic N) is 8. The third kappa shape index (κ3) is 3.91. The number of nitrogens with one attached hydrogen (secondary N) is 2. The van der Waals surface area contributed by atoms with Gasteiger partial charge in [-0.2, -0.15) is 28.5 Å². The summed E-state index contributed by atoms with van der Waals surface area (Å²) in [4.78, 5) is 25.4. The summed E-state index contributed by atoms with van der Waals surface area (Å²) in [5.74, 6) is 0.994. The predicted molar refractivity (Wildman–Crippen MR) is 131 cm³/mol. The van der Waals surface area contributed by atoms with Crippen molar-refractivity contribution in [1.82, 2.24) is 33.7 Å². The van der Waals surface area contributed by atoms with Crippen molar-refractivity contribution < 1.29 is 17.9 Å². The zero-order chi connectivity index (χ0) is 27.4. The van der Waals surface area contributed by atoms with E-state index in [4.69, 9.17) is 21.6 Å². The van der Waals surface area contributed by atoms with E-state index in [9.17, 15) is 18.0 Å². The van der Waals surface area contributed by atoms with Gasteiger partial charge in [-0.25, -0.2) is 14.5 Å². The molecule has 2 N–H and O–H groups in total. The lowest BCUT2D eigenvalue weighted by Crippen LogP contribution is -2.26. The van der Waals surface area contributed by atoms with Crippen LogP contribution in [0.2, 0.25) is 5.02 Å². The predicted octanol–water partition coefficient (Wildman–Crippen LogP) is 3.83. The first-order valence-corrected chi connectivity index (χ1v) is 11.1. The molecule has 0 saturated carbocycles. The summed E-state index contributed by atoms with van der Waals surface area (Å²) in [6.45, 7) is 0. The van der Waals surface area contributed by atoms with Gasteiger partial charge in [-0.05, 0) is 6.07 Å². The number of halogens is 4. The molecule has 0 saturated heterocycles. The molecule has 0 aromatic carbocycles. The molecule has 0 aliphatic carbocycles. The van der Waals surface area contributed by atoms with Crippen LogP contribution < -0.4 is 20.9 Å². The Morgan fingerprint density at radius 3 is 2.58 bits per heavy atom. The Morgan fingerprint density at radius 2 is 1.89 bits per heavy atom. The molecule has 0 aliphatic heterocycles. The van der Waals surface area contributed by atoms with Crippen LogP contribution in [0.4, 0.5) is 30.6 Å². The molecule has 5 heterocycles. The van der Waals surface area contributed by atoms with Crippen molar-refractivity contribution in [2.24, 2.45) is 14.1 Å². The van der Waals surface area contributed by atoms with E-state index in [0.29, 0.717) is 27.7 Å². The average molecular weight is 545 g/mol. The molecule has 194 valence electrons. The fourth-order valence-electron chi connectivity index (χ4n) is 3.89. The second-order valence-electron chi connectivity index (χ2n) is 7.95. The molecule has 5 rings (SSSR count). The second-order valence-corrected chi connectivity index (χ2v) is 8.33. The van der Waals surface area contributed by atoms with Gasteiger partial charge in [0.05, 0.1) is 18.0 Å². The first kappa shape index (κ1) is 24.8. The maximum Gasteiger partial charge on any atom is 0.419 e. The molecule has 0 aliphatic rings. The lowest BCUT2D eigenvalue weighted by Gasteiger charge is -2.14. The van der Waals surface area contributed by atoms with Crippen molar-refractivity contribution in [1.29, 1.82) is 5.26 Å². The van der Waals surface area contributed by atoms with Crippen LogP contribution in [0, 0.1) is 11.3 Å². The molecule has 0 spiro atoms. The fourth-order valence-corrected chi connectivity index (χ4v) is 4.19. The van der Waals surface area contributed by atoms with Crippen molar-refractivity contribution >= 4 is 45.7 Å². The molecule has 38 heavy (non-hydrogen) atoms. The zero-order valence-corrected chi connectivity index (χ0v) is 20.5. The Balaban J connectivity index is 1.57. The molecule has 0 amide bonds. The van der Waals surface area contributed by atoms with Gasteiger partial charge >= 0.3 is 6.18 Å². The number of fused-ring (bicyclic) bond motifs is 2. The molecule has 0 unspecified atom stereocenters. The molecule has 16 heteroatoms. The van der Waals surface area contributed by atoms with Gasteiger partial charge in [-0.1, -0.05) is 11.6 Å². The maximum atomic E-state index is 13.5. The molecule has 5 aromatic rings. The van der Waals surface area contributed by atoms with E-state index in [1.165, 1.54) is 30.1 Å². The van der Waals surface area contributed by atoms with Crippen LogP contribution in [0.15, 0.2) is 35.6 Å². The van der Waals surface area contributed by atoms with E-state index in [0.717, 1.165) is 7.05 Å². The van der Waals surface area contributed by atoms with Crippen LogP contribution in [-0.4, -0.2) is 40.7 Å². The van der Waals surface area contributed by atoms with Gasteiger partial charge in [0.1, 0.15) is 28.0 Å². The Hall–Kier alpha value is -4.84. The normalized spacial score (nSPS) is 11.6. The number of anilines is 3. The van der Waals surface area contributed by atoms with Gasteiger partial charge in [-0.3, -0.25) is 4.79 Å². The monoisotopic (exact) mass is 544 g/mol. The van der Waals surface area contributed by atoms with Crippen LogP contribution in [0.1, 0.15) is 11.3 Å². The number of rotatable bonds is 5. The van der Waals surface area contributed by atoms with Crippen molar-refractivity contribution in [3.63, 3.8) is 0 Å². The van der Waals surface area contributed by atoms with E-state index >= 15 is 0 Å². The fraction of sp³-hybridized carbons (Fsp3) is 0.182. The van der Waals surface area contributed by atoms with Crippen molar-refractivity contribution in [3.05, 3.63) is 57.5 Å². The molecule has 5 aromatic heterocycles. The van der Waals surface area contributed by atoms with E-state index in [1.807, 2.05) is 0 Å². The van der Waals surface area contributed by atoms with E-state index in [-0.39, 0.29) is 27.9 Å². The summed E-state index contributed by atoms with van der Waals surface area (Å²) in [6, 6.07) is 2.00. The number of hydrogen-bond donors (Lipinski definition) is 2. The lowest BCUT2D eigenvalue weighted by atomic mass is 10.1. The molecular weight excluding hydrogens is 529 g/mol. The molecule has 12 nitrogen and oxygen atoms in total. The van der Waals surface area contributed by atoms with Crippen molar-refractivity contribution in [3.8, 4) is 17.6 Å². The minimum absolute atomic E-state index is 0.0147. The highest BCUT2D eigenvalue weighted by Crippen LogP contribution is 2.38. The lowest BCUT2D eigenvalue weighted by molar-refractivity contribution is -0.138. The van der Waals surface area contributed by atoms with E-state index in [2.05, 4.69) is 30.7 Å². The molecule has 0 fully saturated rings. The highest BCUT2D eigenvalue weighted by atomic mass is 35.5. The number of aromatic nitrogens is 7. The molecular formula is C22H16ClF3N10O2. The summed E-state index contributed by atoms with van der Waals surface area (Å²) >= 11 is 6.62. The highest BCUT2D eigenvalue weighted by Gasteiger charge is 2.36. The van der Waals surface area contributed by atoms with Crippen LogP contribution in [0.25, 0.3) is 16.7 Å². The van der Waals surface area contributed by atoms with Gasteiger partial charge in [0.15, 0.2) is 28.5 Å². The van der Waals surface area contributed by atoms with Crippen LogP contribution >= 0.6 is 11.6 Å². The molecule has 0 radical (unpaired) electrons. The second kappa shape index (κ2) is 8.92. The summed E-state index contributed by atoms with van der Waals surface area (Å²) in [5.41, 5.74) is -2.39. The van der Waals surface area contributed by atoms with Gasteiger partial charge in [-0.15, -0.1) is 0 Å². The minimum Gasteiger partial charge on any atom is -0.450 e. The zero-order valence-electron chi connectivity index (χ0n) is 19.8. The summed E-state index contributed by atoms with van der Waals surface area (Å²) < 4.78 is 50.2. The highest BCUT2D eigenvalue weighted by molar-refractivity contribution is 6.36. The third-order valence-electron chi connectivity index (χ3n) is 5.73. The molecule has 0 atom stereocenters. The van der Waals surface area contributed by atoms with E-state index < -0.39 is 28.7 Å². The Bertz CT molecular complexity index is 1830. The number of nitriles is 1. The Morgan fingerprint density at radius 1 is 1.13 bits per heavy atom. The van der Waals surface area contributed by atoms with Gasteiger partial charge in [0.25, 0.3) is 5.56 Å². The number of pyridine rings is 2. The number of ether oxygens (including phenoxy) is 1. The molecule has 0 bridgehead atoms. The number of alkyl halides is 3. The summed E-state index contributed by atoms with van der Waals surface area (Å²) in [6.07, 6.45) is 1.16. The summed E-state index contributed by atoms with van der Waals surface area (Å²) in [7, 11) is 4.31. The average Bonchev–Trinajstić information content (AvgIpc) is 3.43. The first-order valence-electron chi connectivity index (χ1n) is 10.7. The number of imidazole rings is 1. The Kier molecular flexibility index (Phi) is 5.83. The van der Waals surface area contributed by atoms with E-state index in [1.54, 1.807) is 24.0 Å². The topological polar surface area (TPSA) is 140 Å². The standard InChI is InChI=1S/C22H16ClF3N10O2/c1-28-18-16-14(9-31-36(16)5-4-29-18)38-13-8-30-19-17(15(13)23)35(3)21(33-19)32-11-6-10(22(24,25)26)12(7-27)34(2)20(11)37/h4-6,8-9H,1-3H3,(H,28,29)(H,30,32,33). The van der Waals surface area contributed by atoms with Crippen molar-refractivity contribution in [2.45, 2.75) is 6.18 Å². The number of hydrogen-bond acceptors (Lipinski definition) is 9. The number of aryl methyl sites for hydroxylation is 1. The van der Waals surface area contributed by atoms with Gasteiger partial charge in [0.2, 0.25) is 5.95 Å². The van der Waals surface area contributed by atoms with Gasteiger partial charge in [0, 0.05) is 33.5 Å². The summed E-state index contributed by atoms with van der Waals surface area (Å²) in [5, 5.41) is 19.0. The van der Waals surface area contributed by atoms with Crippen LogP contribution in [-0.2, 0) is 20.3 Å². The third-order valence-corrected chi connectivity index (χ3v) is 6.10. The van der Waals surface area contributed by atoms with Crippen molar-refractivity contribution in [2.75, 3.05) is 17.7 Å². The van der Waals surface area contributed by atoms with Crippen LogP contribution in [0.5, 0.6) is 11.5 Å². The smallest absolute Gasteiger partial charge is 0.419 e. The quantitative estimate of drug-likeness (QED) is 0.338. The maximum absolute atomic E-state index is 13.5. The van der Waals surface area contributed by atoms with Gasteiger partial charge < -0.3 is 24.5 Å². The minimum atomic E-state index is -4.86.